The molecule has 0 aliphatic heterocycles. The van der Waals surface area contributed by atoms with Crippen LogP contribution in [0.2, 0.25) is 0 Å². The molecule has 3 heterocycles. The molecule has 0 saturated heterocycles. The lowest BCUT2D eigenvalue weighted by Gasteiger charge is -2.06. The van der Waals surface area contributed by atoms with Crippen molar-refractivity contribution in [2.75, 3.05) is 0 Å². The summed E-state index contributed by atoms with van der Waals surface area (Å²) in [5, 5.41) is 9.16. The molecule has 122 valence electrons. The van der Waals surface area contributed by atoms with Crippen LogP contribution in [0.25, 0.3) is 5.52 Å². The first kappa shape index (κ1) is 16.1. The average Bonchev–Trinajstić information content (AvgIpc) is 2.89. The van der Waals surface area contributed by atoms with Gasteiger partial charge in [0.1, 0.15) is 6.07 Å². The van der Waals surface area contributed by atoms with Crippen molar-refractivity contribution >= 4 is 17.3 Å². The quantitative estimate of drug-likeness (QED) is 0.581. The molecule has 9 heteroatoms. The summed E-state index contributed by atoms with van der Waals surface area (Å²) in [6.07, 6.45) is -1.19. The summed E-state index contributed by atoms with van der Waals surface area (Å²) in [6, 6.07) is 7.88. The van der Waals surface area contributed by atoms with E-state index in [1.165, 1.54) is 0 Å². The number of aromatic nitrogens is 3. The highest BCUT2D eigenvalue weighted by molar-refractivity contribution is 7.98. The van der Waals surface area contributed by atoms with E-state index in [1.807, 2.05) is 0 Å². The van der Waals surface area contributed by atoms with E-state index >= 15 is 0 Å². The van der Waals surface area contributed by atoms with Gasteiger partial charge < -0.3 is 9.38 Å². The van der Waals surface area contributed by atoms with Gasteiger partial charge in [0.2, 0.25) is 0 Å². The zero-order valence-corrected chi connectivity index (χ0v) is 12.8. The van der Waals surface area contributed by atoms with E-state index in [-0.39, 0.29) is 10.9 Å². The fourth-order valence-electron chi connectivity index (χ4n) is 2.21. The fourth-order valence-corrected chi connectivity index (χ4v) is 3.06. The molecule has 0 radical (unpaired) electrons. The van der Waals surface area contributed by atoms with Crippen LogP contribution in [-0.2, 0) is 11.9 Å². The highest BCUT2D eigenvalue weighted by atomic mass is 32.2. The number of fused-ring (bicyclic) bond motifs is 1. The van der Waals surface area contributed by atoms with Crippen molar-refractivity contribution in [1.82, 2.24) is 14.4 Å². The van der Waals surface area contributed by atoms with Gasteiger partial charge in [-0.15, -0.1) is 0 Å². The van der Waals surface area contributed by atoms with E-state index in [4.69, 9.17) is 0 Å². The molecule has 0 aromatic carbocycles. The minimum atomic E-state index is -4.69. The molecule has 0 amide bonds. The predicted molar refractivity (Wildman–Crippen MR) is 81.5 cm³/mol. The van der Waals surface area contributed by atoms with E-state index < -0.39 is 17.4 Å². The van der Waals surface area contributed by atoms with E-state index in [0.29, 0.717) is 22.7 Å². The standard InChI is InChI=1S/C15H9F3N4OS/c16-15(17,18)12-5-13(23)21-14(20-12)24-8-9-7-22-4-2-1-3-11(22)10(9)6-19/h1-5,7H,8H2,(H,20,21,23). The van der Waals surface area contributed by atoms with Crippen molar-refractivity contribution in [3.63, 3.8) is 0 Å². The first-order valence-electron chi connectivity index (χ1n) is 6.68. The van der Waals surface area contributed by atoms with E-state index in [9.17, 15) is 23.2 Å². The average molecular weight is 350 g/mol. The van der Waals surface area contributed by atoms with E-state index in [2.05, 4.69) is 16.0 Å². The summed E-state index contributed by atoms with van der Waals surface area (Å²) in [4.78, 5) is 17.1. The molecule has 0 bridgehead atoms. The van der Waals surface area contributed by atoms with Crippen molar-refractivity contribution in [3.8, 4) is 6.07 Å². The zero-order valence-electron chi connectivity index (χ0n) is 12.0. The zero-order chi connectivity index (χ0) is 17.3. The maximum atomic E-state index is 12.7. The Balaban J connectivity index is 1.91. The first-order valence-corrected chi connectivity index (χ1v) is 7.67. The van der Waals surface area contributed by atoms with Gasteiger partial charge in [-0.25, -0.2) is 4.98 Å². The fraction of sp³-hybridized carbons (Fsp3) is 0.133. The number of hydrogen-bond donors (Lipinski definition) is 1. The number of nitrogens with one attached hydrogen (secondary N) is 1. The van der Waals surface area contributed by atoms with Crippen molar-refractivity contribution in [1.29, 1.82) is 5.26 Å². The number of halogens is 3. The number of aromatic amines is 1. The molecule has 0 aliphatic carbocycles. The molecule has 5 nitrogen and oxygen atoms in total. The third kappa shape index (κ3) is 3.14. The molecule has 0 atom stereocenters. The summed E-state index contributed by atoms with van der Waals surface area (Å²) in [7, 11) is 0. The van der Waals surface area contributed by atoms with Crippen LogP contribution in [-0.4, -0.2) is 14.4 Å². The number of pyridine rings is 1. The Morgan fingerprint density at radius 3 is 2.88 bits per heavy atom. The van der Waals surface area contributed by atoms with Gasteiger partial charge in [0.15, 0.2) is 10.9 Å². The molecule has 0 aliphatic rings. The number of hydrogen-bond acceptors (Lipinski definition) is 4. The van der Waals surface area contributed by atoms with Gasteiger partial charge in [0.25, 0.3) is 5.56 Å². The van der Waals surface area contributed by atoms with Crippen LogP contribution in [0.15, 0.2) is 46.6 Å². The van der Waals surface area contributed by atoms with E-state index in [1.54, 1.807) is 35.0 Å². The van der Waals surface area contributed by atoms with E-state index in [0.717, 1.165) is 11.8 Å². The van der Waals surface area contributed by atoms with Crippen LogP contribution in [0, 0.1) is 11.3 Å². The second-order valence-corrected chi connectivity index (χ2v) is 5.82. The Morgan fingerprint density at radius 2 is 2.17 bits per heavy atom. The minimum absolute atomic E-state index is 0.144. The predicted octanol–water partition coefficient (Wildman–Crippen LogP) is 3.21. The third-order valence-electron chi connectivity index (χ3n) is 3.25. The van der Waals surface area contributed by atoms with Crippen molar-refractivity contribution in [3.05, 3.63) is 63.8 Å². The lowest BCUT2D eigenvalue weighted by atomic mass is 10.2. The van der Waals surface area contributed by atoms with Crippen molar-refractivity contribution in [2.45, 2.75) is 17.1 Å². The van der Waals surface area contributed by atoms with Gasteiger partial charge >= 0.3 is 6.18 Å². The number of rotatable bonds is 3. The summed E-state index contributed by atoms with van der Waals surface area (Å²) in [5.41, 5.74) is -0.314. The second-order valence-electron chi connectivity index (χ2n) is 4.86. The summed E-state index contributed by atoms with van der Waals surface area (Å²) in [6.45, 7) is 0. The molecule has 0 unspecified atom stereocenters. The van der Waals surface area contributed by atoms with Gasteiger partial charge in [0, 0.05) is 24.2 Å². The largest absolute Gasteiger partial charge is 0.433 e. The molecule has 0 fully saturated rings. The molecule has 0 saturated carbocycles. The van der Waals surface area contributed by atoms with Crippen molar-refractivity contribution in [2.24, 2.45) is 0 Å². The number of nitriles is 1. The normalized spacial score (nSPS) is 11.6. The van der Waals surface area contributed by atoms with Gasteiger partial charge in [0.05, 0.1) is 11.1 Å². The van der Waals surface area contributed by atoms with Crippen LogP contribution in [0.3, 0.4) is 0 Å². The molecular formula is C15H9F3N4OS. The Bertz CT molecular complexity index is 1000. The van der Waals surface area contributed by atoms with Crippen molar-refractivity contribution < 1.29 is 13.2 Å². The number of H-pyrrole nitrogens is 1. The lowest BCUT2D eigenvalue weighted by Crippen LogP contribution is -2.16. The molecule has 3 rings (SSSR count). The highest BCUT2D eigenvalue weighted by Gasteiger charge is 2.33. The lowest BCUT2D eigenvalue weighted by molar-refractivity contribution is -0.141. The Kier molecular flexibility index (Phi) is 4.07. The second kappa shape index (κ2) is 6.05. The number of nitrogens with zero attached hydrogens (tertiary/aromatic N) is 3. The number of thioether (sulfide) groups is 1. The van der Waals surface area contributed by atoms with Gasteiger partial charge in [-0.3, -0.25) is 4.79 Å². The van der Waals surface area contributed by atoms with Crippen LogP contribution >= 0.6 is 11.8 Å². The van der Waals surface area contributed by atoms with Crippen LogP contribution in [0.5, 0.6) is 0 Å². The molecule has 0 spiro atoms. The molecule has 3 aromatic rings. The Labute approximate surface area is 137 Å². The monoisotopic (exact) mass is 350 g/mol. The minimum Gasteiger partial charge on any atom is -0.322 e. The molecular weight excluding hydrogens is 341 g/mol. The van der Waals surface area contributed by atoms with Crippen LogP contribution in [0.4, 0.5) is 13.2 Å². The smallest absolute Gasteiger partial charge is 0.322 e. The third-order valence-corrected chi connectivity index (χ3v) is 4.17. The first-order chi connectivity index (χ1) is 11.4. The van der Waals surface area contributed by atoms with Gasteiger partial charge in [-0.2, -0.15) is 18.4 Å². The summed E-state index contributed by atoms with van der Waals surface area (Å²) < 4.78 is 39.9. The van der Waals surface area contributed by atoms with Crippen LogP contribution in [0.1, 0.15) is 16.8 Å². The molecule has 24 heavy (non-hydrogen) atoms. The van der Waals surface area contributed by atoms with Gasteiger partial charge in [-0.05, 0) is 17.7 Å². The Hall–Kier alpha value is -2.73. The Morgan fingerprint density at radius 1 is 1.38 bits per heavy atom. The maximum Gasteiger partial charge on any atom is 0.433 e. The van der Waals surface area contributed by atoms with Gasteiger partial charge in [-0.1, -0.05) is 17.8 Å². The summed E-state index contributed by atoms with van der Waals surface area (Å²) in [5.74, 6) is 0.203. The number of alkyl halides is 3. The maximum absolute atomic E-state index is 12.7. The molecule has 3 aromatic heterocycles. The molecule has 1 N–H and O–H groups in total. The van der Waals surface area contributed by atoms with Crippen LogP contribution < -0.4 is 5.56 Å². The SMILES string of the molecule is N#Cc1c(CSc2nc(C(F)(F)F)cc(=O)[nH]2)cn2ccccc12. The topological polar surface area (TPSA) is 73.9 Å². The highest BCUT2D eigenvalue weighted by Crippen LogP contribution is 2.29. The summed E-state index contributed by atoms with van der Waals surface area (Å²) >= 11 is 0.932.